The van der Waals surface area contributed by atoms with Crippen LogP contribution in [0.25, 0.3) is 10.6 Å². The highest BCUT2D eigenvalue weighted by Gasteiger charge is 2.36. The molecule has 7 nitrogen and oxygen atoms in total. The van der Waals surface area contributed by atoms with Gasteiger partial charge in [-0.2, -0.15) is 0 Å². The lowest BCUT2D eigenvalue weighted by molar-refractivity contribution is 0.0670. The maximum absolute atomic E-state index is 13.2. The van der Waals surface area contributed by atoms with Gasteiger partial charge < -0.3 is 14.2 Å². The molecule has 0 unspecified atom stereocenters. The predicted octanol–water partition coefficient (Wildman–Crippen LogP) is 3.24. The molecular weight excluding hydrogens is 412 g/mol. The number of sulfone groups is 1. The van der Waals surface area contributed by atoms with Gasteiger partial charge in [-0.05, 0) is 35.6 Å². The third-order valence-corrected chi connectivity index (χ3v) is 7.55. The Balaban J connectivity index is 1.61. The number of nitrogens with zero attached hydrogens (tertiary/aromatic N) is 2. The molecule has 4 rings (SSSR count). The fraction of sp³-hybridized carbons (Fsp3) is 0.300. The highest BCUT2D eigenvalue weighted by molar-refractivity contribution is 7.91. The fourth-order valence-corrected chi connectivity index (χ4v) is 5.78. The number of rotatable bonds is 6. The van der Waals surface area contributed by atoms with Crippen LogP contribution in [-0.4, -0.2) is 49.0 Å². The van der Waals surface area contributed by atoms with E-state index >= 15 is 0 Å². The minimum Gasteiger partial charge on any atom is -0.497 e. The molecule has 152 valence electrons. The molecule has 2 aromatic heterocycles. The maximum Gasteiger partial charge on any atom is 0.276 e. The molecule has 1 aliphatic rings. The van der Waals surface area contributed by atoms with E-state index in [4.69, 9.17) is 9.26 Å². The van der Waals surface area contributed by atoms with Gasteiger partial charge in [-0.3, -0.25) is 4.79 Å². The van der Waals surface area contributed by atoms with Crippen LogP contribution in [0.1, 0.15) is 22.5 Å². The number of thiophene rings is 1. The maximum atomic E-state index is 13.2. The minimum absolute atomic E-state index is 0.0372. The topological polar surface area (TPSA) is 89.7 Å². The van der Waals surface area contributed by atoms with Crippen molar-refractivity contribution in [2.24, 2.45) is 0 Å². The molecule has 0 spiro atoms. The Morgan fingerprint density at radius 3 is 2.72 bits per heavy atom. The molecule has 3 heterocycles. The zero-order chi connectivity index (χ0) is 20.4. The van der Waals surface area contributed by atoms with Crippen LogP contribution in [0.15, 0.2) is 52.4 Å². The molecular formula is C20H20N2O5S2. The SMILES string of the molecule is COc1ccc(CN(C(=O)c2cc(-c3cccs3)on2)[C@H]2CCS(=O)(=O)C2)cc1. The van der Waals surface area contributed by atoms with Crippen LogP contribution in [0.2, 0.25) is 0 Å². The first kappa shape index (κ1) is 19.7. The van der Waals surface area contributed by atoms with Gasteiger partial charge >= 0.3 is 0 Å². The summed E-state index contributed by atoms with van der Waals surface area (Å²) >= 11 is 1.49. The summed E-state index contributed by atoms with van der Waals surface area (Å²) in [6, 6.07) is 12.4. The van der Waals surface area contributed by atoms with E-state index in [0.717, 1.165) is 10.4 Å². The molecule has 0 radical (unpaired) electrons. The lowest BCUT2D eigenvalue weighted by Crippen LogP contribution is -2.40. The van der Waals surface area contributed by atoms with Gasteiger partial charge in [0.15, 0.2) is 21.3 Å². The summed E-state index contributed by atoms with van der Waals surface area (Å²) in [6.45, 7) is 0.282. The third kappa shape index (κ3) is 4.35. The summed E-state index contributed by atoms with van der Waals surface area (Å²) in [4.78, 5) is 15.7. The van der Waals surface area contributed by atoms with Crippen molar-refractivity contribution >= 4 is 27.1 Å². The first-order valence-corrected chi connectivity index (χ1v) is 11.8. The number of hydrogen-bond donors (Lipinski definition) is 0. The van der Waals surface area contributed by atoms with Crippen molar-refractivity contribution in [3.05, 3.63) is 59.1 Å². The smallest absolute Gasteiger partial charge is 0.276 e. The van der Waals surface area contributed by atoms with Gasteiger partial charge in [0.1, 0.15) is 5.75 Å². The van der Waals surface area contributed by atoms with Crippen LogP contribution in [-0.2, 0) is 16.4 Å². The normalized spacial score (nSPS) is 17.9. The van der Waals surface area contributed by atoms with Crippen LogP contribution in [0.5, 0.6) is 5.75 Å². The van der Waals surface area contributed by atoms with Crippen molar-refractivity contribution in [1.82, 2.24) is 10.1 Å². The molecule has 1 aliphatic heterocycles. The first-order chi connectivity index (χ1) is 13.9. The van der Waals surface area contributed by atoms with Crippen molar-refractivity contribution < 1.29 is 22.5 Å². The standard InChI is InChI=1S/C20H20N2O5S2/c1-26-16-6-4-14(5-7-16)12-22(15-8-10-29(24,25)13-15)20(23)17-11-18(27-21-17)19-3-2-9-28-19/h2-7,9,11,15H,8,10,12-13H2,1H3/t15-/m0/s1. The average molecular weight is 433 g/mol. The number of methoxy groups -OCH3 is 1. The van der Waals surface area contributed by atoms with Gasteiger partial charge in [0.2, 0.25) is 0 Å². The number of amides is 1. The quantitative estimate of drug-likeness (QED) is 0.594. The van der Waals surface area contributed by atoms with E-state index in [-0.39, 0.29) is 29.7 Å². The number of aromatic nitrogens is 1. The van der Waals surface area contributed by atoms with E-state index in [9.17, 15) is 13.2 Å². The number of carbonyl (C=O) groups excluding carboxylic acids is 1. The summed E-state index contributed by atoms with van der Waals surface area (Å²) in [5, 5.41) is 5.86. The Morgan fingerprint density at radius 1 is 1.31 bits per heavy atom. The van der Waals surface area contributed by atoms with E-state index in [1.54, 1.807) is 18.1 Å². The van der Waals surface area contributed by atoms with E-state index in [1.165, 1.54) is 11.3 Å². The lowest BCUT2D eigenvalue weighted by Gasteiger charge is -2.27. The zero-order valence-electron chi connectivity index (χ0n) is 15.8. The van der Waals surface area contributed by atoms with Crippen LogP contribution in [0, 0.1) is 0 Å². The van der Waals surface area contributed by atoms with Crippen molar-refractivity contribution in [3.63, 3.8) is 0 Å². The summed E-state index contributed by atoms with van der Waals surface area (Å²) in [5.74, 6) is 0.946. The van der Waals surface area contributed by atoms with Crippen molar-refractivity contribution in [3.8, 4) is 16.4 Å². The number of hydrogen-bond acceptors (Lipinski definition) is 7. The van der Waals surface area contributed by atoms with Crippen LogP contribution >= 0.6 is 11.3 Å². The second-order valence-corrected chi connectivity index (χ2v) is 10.1. The highest BCUT2D eigenvalue weighted by atomic mass is 32.2. The molecule has 1 saturated heterocycles. The van der Waals surface area contributed by atoms with Crippen molar-refractivity contribution in [2.45, 2.75) is 19.0 Å². The highest BCUT2D eigenvalue weighted by Crippen LogP contribution is 2.27. The van der Waals surface area contributed by atoms with Crippen molar-refractivity contribution in [2.75, 3.05) is 18.6 Å². The molecule has 9 heteroatoms. The summed E-state index contributed by atoms with van der Waals surface area (Å²) in [7, 11) is -1.56. The van der Waals surface area contributed by atoms with Crippen molar-refractivity contribution in [1.29, 1.82) is 0 Å². The number of ether oxygens (including phenoxy) is 1. The predicted molar refractivity (Wildman–Crippen MR) is 110 cm³/mol. The lowest BCUT2D eigenvalue weighted by atomic mass is 10.1. The Labute approximate surface area is 172 Å². The molecule has 0 saturated carbocycles. The molecule has 1 aromatic carbocycles. The van der Waals surface area contributed by atoms with E-state index in [1.807, 2.05) is 41.8 Å². The zero-order valence-corrected chi connectivity index (χ0v) is 17.4. The van der Waals surface area contributed by atoms with Gasteiger partial charge in [-0.1, -0.05) is 23.4 Å². The Hall–Kier alpha value is -2.65. The molecule has 0 bridgehead atoms. The molecule has 1 fully saturated rings. The van der Waals surface area contributed by atoms with E-state index in [2.05, 4.69) is 5.16 Å². The average Bonchev–Trinajstić information content (AvgIpc) is 3.46. The van der Waals surface area contributed by atoms with Gasteiger partial charge in [0.05, 0.1) is 23.5 Å². The fourth-order valence-electron chi connectivity index (χ4n) is 3.37. The molecule has 1 atom stereocenters. The van der Waals surface area contributed by atoms with Gasteiger partial charge in [0, 0.05) is 18.7 Å². The second kappa shape index (κ2) is 8.00. The first-order valence-electron chi connectivity index (χ1n) is 9.10. The van der Waals surface area contributed by atoms with Crippen LogP contribution in [0.3, 0.4) is 0 Å². The molecule has 3 aromatic rings. The van der Waals surface area contributed by atoms with Crippen LogP contribution < -0.4 is 4.74 Å². The monoisotopic (exact) mass is 432 g/mol. The largest absolute Gasteiger partial charge is 0.497 e. The molecule has 29 heavy (non-hydrogen) atoms. The number of benzene rings is 1. The van der Waals surface area contributed by atoms with E-state index in [0.29, 0.717) is 17.9 Å². The van der Waals surface area contributed by atoms with Gasteiger partial charge in [-0.15, -0.1) is 11.3 Å². The molecule has 0 N–H and O–H groups in total. The Kier molecular flexibility index (Phi) is 5.42. The summed E-state index contributed by atoms with van der Waals surface area (Å²) < 4.78 is 34.5. The Bertz CT molecular complexity index is 1090. The summed E-state index contributed by atoms with van der Waals surface area (Å²) in [6.07, 6.45) is 0.417. The third-order valence-electron chi connectivity index (χ3n) is 4.92. The van der Waals surface area contributed by atoms with E-state index < -0.39 is 15.9 Å². The van der Waals surface area contributed by atoms with Gasteiger partial charge in [0.25, 0.3) is 5.91 Å². The number of carbonyl (C=O) groups is 1. The van der Waals surface area contributed by atoms with Gasteiger partial charge in [-0.25, -0.2) is 8.42 Å². The molecule has 0 aliphatic carbocycles. The van der Waals surface area contributed by atoms with Crippen LogP contribution in [0.4, 0.5) is 0 Å². The Morgan fingerprint density at radius 2 is 2.10 bits per heavy atom. The minimum atomic E-state index is -3.15. The molecule has 1 amide bonds. The second-order valence-electron chi connectivity index (χ2n) is 6.89. The summed E-state index contributed by atoms with van der Waals surface area (Å²) in [5.41, 5.74) is 1.05.